The number of fused-ring (bicyclic) bond motifs is 1. The van der Waals surface area contributed by atoms with Gasteiger partial charge in [-0.1, -0.05) is 30.3 Å². The summed E-state index contributed by atoms with van der Waals surface area (Å²) >= 11 is 0. The molecular weight excluding hydrogens is 230 g/mol. The van der Waals surface area contributed by atoms with Gasteiger partial charge in [0, 0.05) is 26.7 Å². The molecule has 1 aromatic rings. The van der Waals surface area contributed by atoms with Gasteiger partial charge in [0.15, 0.2) is 0 Å². The van der Waals surface area contributed by atoms with Crippen molar-refractivity contribution in [1.82, 2.24) is 4.90 Å². The number of carbonyl (C=O) groups excluding carboxylic acids is 1. The van der Waals surface area contributed by atoms with E-state index in [-0.39, 0.29) is 11.9 Å². The van der Waals surface area contributed by atoms with Gasteiger partial charge in [0.2, 0.25) is 0 Å². The van der Waals surface area contributed by atoms with Crippen LogP contribution in [0.4, 0.5) is 0 Å². The van der Waals surface area contributed by atoms with Crippen LogP contribution in [0, 0.1) is 5.92 Å². The van der Waals surface area contributed by atoms with Gasteiger partial charge in [0.1, 0.15) is 18.1 Å². The van der Waals surface area contributed by atoms with Crippen LogP contribution in [0.1, 0.15) is 5.56 Å². The van der Waals surface area contributed by atoms with Gasteiger partial charge in [-0.2, -0.15) is 0 Å². The third-order valence-corrected chi connectivity index (χ3v) is 3.97. The molecule has 1 aromatic carbocycles. The molecule has 96 valence electrons. The molecule has 2 aliphatic rings. The first-order valence-electron chi connectivity index (χ1n) is 6.21. The van der Waals surface area contributed by atoms with Crippen LogP contribution in [-0.2, 0) is 20.8 Å². The van der Waals surface area contributed by atoms with Crippen molar-refractivity contribution >= 4 is 5.97 Å². The zero-order valence-corrected chi connectivity index (χ0v) is 10.5. The van der Waals surface area contributed by atoms with Crippen molar-refractivity contribution in [2.45, 2.75) is 12.1 Å². The summed E-state index contributed by atoms with van der Waals surface area (Å²) in [6.07, 6.45) is 0. The molecule has 2 aliphatic heterocycles. The number of benzene rings is 1. The number of carbonyl (C=O) groups is 1. The Morgan fingerprint density at radius 3 is 2.89 bits per heavy atom. The number of likely N-dealkylation sites (tertiary alicyclic amines) is 1. The zero-order valence-electron chi connectivity index (χ0n) is 10.5. The predicted molar refractivity (Wildman–Crippen MR) is 65.9 cm³/mol. The molecule has 2 atom stereocenters. The molecule has 0 radical (unpaired) electrons. The molecule has 2 saturated heterocycles. The molecule has 0 N–H and O–H groups in total. The highest BCUT2D eigenvalue weighted by atomic mass is 16.6. The van der Waals surface area contributed by atoms with Crippen molar-refractivity contribution in [2.24, 2.45) is 5.92 Å². The molecule has 0 unspecified atom stereocenters. The van der Waals surface area contributed by atoms with Crippen molar-refractivity contribution in [1.29, 1.82) is 0 Å². The first kappa shape index (κ1) is 11.7. The summed E-state index contributed by atoms with van der Waals surface area (Å²) in [7, 11) is 1.67. The standard InChI is InChI=1S/C14H17NO3/c1-17-14-9-15(7-11-5-3-2-4-6-11)8-12(14)13(16)18-10-14/h2-6,12H,7-10H2,1H3/t12-,14-/m0/s1. The Morgan fingerprint density at radius 1 is 1.44 bits per heavy atom. The largest absolute Gasteiger partial charge is 0.462 e. The van der Waals surface area contributed by atoms with E-state index in [1.165, 1.54) is 5.56 Å². The molecule has 0 amide bonds. The van der Waals surface area contributed by atoms with E-state index >= 15 is 0 Å². The number of cyclic esters (lactones) is 1. The monoisotopic (exact) mass is 247 g/mol. The lowest BCUT2D eigenvalue weighted by atomic mass is 9.94. The number of hydrogen-bond donors (Lipinski definition) is 0. The SMILES string of the molecule is CO[C@@]12COC(=O)[C@@H]1CN(Cc1ccccc1)C2. The van der Waals surface area contributed by atoms with Gasteiger partial charge < -0.3 is 9.47 Å². The number of esters is 1. The molecule has 0 saturated carbocycles. The van der Waals surface area contributed by atoms with Crippen LogP contribution in [-0.4, -0.2) is 43.3 Å². The molecule has 4 heteroatoms. The maximum Gasteiger partial charge on any atom is 0.313 e. The molecule has 0 spiro atoms. The van der Waals surface area contributed by atoms with Crippen LogP contribution in [0.3, 0.4) is 0 Å². The minimum atomic E-state index is -0.425. The van der Waals surface area contributed by atoms with Gasteiger partial charge in [0.25, 0.3) is 0 Å². The molecule has 18 heavy (non-hydrogen) atoms. The number of hydrogen-bond acceptors (Lipinski definition) is 4. The van der Waals surface area contributed by atoms with Crippen molar-refractivity contribution in [3.05, 3.63) is 35.9 Å². The third kappa shape index (κ3) is 1.82. The summed E-state index contributed by atoms with van der Waals surface area (Å²) in [6.45, 7) is 2.73. The maximum atomic E-state index is 11.7. The quantitative estimate of drug-likeness (QED) is 0.749. The Morgan fingerprint density at radius 2 is 2.22 bits per heavy atom. The van der Waals surface area contributed by atoms with Gasteiger partial charge in [-0.25, -0.2) is 0 Å². The fraction of sp³-hybridized carbons (Fsp3) is 0.500. The van der Waals surface area contributed by atoms with Crippen molar-refractivity contribution in [3.63, 3.8) is 0 Å². The fourth-order valence-corrected chi connectivity index (χ4v) is 2.94. The second-order valence-corrected chi connectivity index (χ2v) is 5.08. The lowest BCUT2D eigenvalue weighted by Gasteiger charge is -2.24. The first-order chi connectivity index (χ1) is 8.73. The van der Waals surface area contributed by atoms with E-state index in [0.29, 0.717) is 6.61 Å². The topological polar surface area (TPSA) is 38.8 Å². The Bertz CT molecular complexity index is 448. The minimum absolute atomic E-state index is 0.118. The van der Waals surface area contributed by atoms with Gasteiger partial charge in [-0.05, 0) is 5.56 Å². The summed E-state index contributed by atoms with van der Waals surface area (Å²) < 4.78 is 10.7. The predicted octanol–water partition coefficient (Wildman–Crippen LogP) is 1.06. The van der Waals surface area contributed by atoms with E-state index in [9.17, 15) is 4.79 Å². The number of ether oxygens (including phenoxy) is 2. The highest BCUT2D eigenvalue weighted by molar-refractivity contribution is 5.77. The molecule has 0 aromatic heterocycles. The highest BCUT2D eigenvalue weighted by Crippen LogP contribution is 2.37. The van der Waals surface area contributed by atoms with Gasteiger partial charge >= 0.3 is 5.97 Å². The summed E-state index contributed by atoms with van der Waals surface area (Å²) in [6, 6.07) is 10.3. The number of nitrogens with zero attached hydrogens (tertiary/aromatic N) is 1. The van der Waals surface area contributed by atoms with Crippen LogP contribution < -0.4 is 0 Å². The third-order valence-electron chi connectivity index (χ3n) is 3.97. The summed E-state index contributed by atoms with van der Waals surface area (Å²) in [4.78, 5) is 14.0. The van der Waals surface area contributed by atoms with E-state index in [1.54, 1.807) is 7.11 Å². The van der Waals surface area contributed by atoms with E-state index in [0.717, 1.165) is 19.6 Å². The summed E-state index contributed by atoms with van der Waals surface area (Å²) in [5.74, 6) is -0.251. The Kier molecular flexibility index (Phi) is 2.84. The average molecular weight is 247 g/mol. The van der Waals surface area contributed by atoms with Crippen LogP contribution in [0.5, 0.6) is 0 Å². The molecule has 2 fully saturated rings. The smallest absolute Gasteiger partial charge is 0.313 e. The normalized spacial score (nSPS) is 31.4. The van der Waals surface area contributed by atoms with E-state index in [2.05, 4.69) is 17.0 Å². The van der Waals surface area contributed by atoms with Gasteiger partial charge in [-0.3, -0.25) is 9.69 Å². The molecule has 2 heterocycles. The second kappa shape index (κ2) is 4.37. The van der Waals surface area contributed by atoms with Gasteiger partial charge in [-0.15, -0.1) is 0 Å². The van der Waals surface area contributed by atoms with Crippen LogP contribution in [0.2, 0.25) is 0 Å². The van der Waals surface area contributed by atoms with Crippen LogP contribution >= 0.6 is 0 Å². The second-order valence-electron chi connectivity index (χ2n) is 5.08. The minimum Gasteiger partial charge on any atom is -0.462 e. The maximum absolute atomic E-state index is 11.7. The Balaban J connectivity index is 1.73. The Hall–Kier alpha value is -1.39. The highest BCUT2D eigenvalue weighted by Gasteiger charge is 2.56. The lowest BCUT2D eigenvalue weighted by molar-refractivity contribution is -0.141. The zero-order chi connectivity index (χ0) is 12.6. The summed E-state index contributed by atoms with van der Waals surface area (Å²) in [5, 5.41) is 0. The molecule has 0 bridgehead atoms. The number of methoxy groups -OCH3 is 1. The van der Waals surface area contributed by atoms with Crippen molar-refractivity contribution in [2.75, 3.05) is 26.8 Å². The molecular formula is C14H17NO3. The first-order valence-corrected chi connectivity index (χ1v) is 6.21. The van der Waals surface area contributed by atoms with Crippen molar-refractivity contribution in [3.8, 4) is 0 Å². The van der Waals surface area contributed by atoms with E-state index < -0.39 is 5.60 Å². The molecule has 0 aliphatic carbocycles. The van der Waals surface area contributed by atoms with Crippen LogP contribution in [0.25, 0.3) is 0 Å². The Labute approximate surface area is 106 Å². The summed E-state index contributed by atoms with van der Waals surface area (Å²) in [5.41, 5.74) is 0.836. The van der Waals surface area contributed by atoms with E-state index in [1.807, 2.05) is 18.2 Å². The molecule has 3 rings (SSSR count). The van der Waals surface area contributed by atoms with Crippen molar-refractivity contribution < 1.29 is 14.3 Å². The average Bonchev–Trinajstić information content (AvgIpc) is 2.89. The lowest BCUT2D eigenvalue weighted by Crippen LogP contribution is -2.40. The number of rotatable bonds is 3. The van der Waals surface area contributed by atoms with E-state index in [4.69, 9.17) is 9.47 Å². The van der Waals surface area contributed by atoms with Crippen LogP contribution in [0.15, 0.2) is 30.3 Å². The molecule has 4 nitrogen and oxygen atoms in total. The fourth-order valence-electron chi connectivity index (χ4n) is 2.94. The van der Waals surface area contributed by atoms with Gasteiger partial charge in [0.05, 0.1) is 0 Å².